The van der Waals surface area contributed by atoms with Crippen molar-refractivity contribution in [2.24, 2.45) is 0 Å². The van der Waals surface area contributed by atoms with Crippen molar-refractivity contribution in [2.75, 3.05) is 13.2 Å². The number of unbranched alkanes of at least 4 members (excludes halogenated alkanes) is 48. The van der Waals surface area contributed by atoms with Crippen LogP contribution in [0.25, 0.3) is 0 Å². The van der Waals surface area contributed by atoms with Crippen molar-refractivity contribution in [3.05, 3.63) is 0 Å². The molecule has 2 atom stereocenters. The van der Waals surface area contributed by atoms with Crippen LogP contribution in [0.1, 0.15) is 427 Å². The van der Waals surface area contributed by atoms with E-state index in [9.17, 15) is 19.2 Å². The molecule has 2 unspecified atom stereocenters. The summed E-state index contributed by atoms with van der Waals surface area (Å²) < 4.78 is 22.4. The highest BCUT2D eigenvalue weighted by atomic mass is 16.6. The van der Waals surface area contributed by atoms with Crippen LogP contribution in [0.15, 0.2) is 0 Å². The Morgan fingerprint density at radius 3 is 0.695 bits per heavy atom. The first kappa shape index (κ1) is 81.9. The van der Waals surface area contributed by atoms with E-state index in [1.807, 2.05) is 0 Å². The van der Waals surface area contributed by atoms with Crippen LogP contribution in [0.2, 0.25) is 0 Å². The number of carbonyl (C=O) groups excluding carboxylic acids is 4. The molecule has 82 heavy (non-hydrogen) atoms. The normalized spacial score (nSPS) is 12.0. The van der Waals surface area contributed by atoms with Crippen molar-refractivity contribution < 1.29 is 38.1 Å². The standard InChI is InChI=1S/C56H110O4.C18H34O4/c1-5-9-13-17-21-24-26-28-30-32-34-37-40-44-48-52-55(57)60-54(51-47-43-39-36-33-31-29-27-25-22-18-14-10-6-2)56(58)59-53(49-45-41-20-16-12-8-4)50-46-42-38-35-23-19-15-11-7-3;1-3-5-7-9-11-13-17(19)21-15-16-22-18(20)14-12-10-8-6-4-2/h53-54H,5-52H2,1-4H3;3-16H2,1-2H3. The van der Waals surface area contributed by atoms with Crippen molar-refractivity contribution in [3.8, 4) is 0 Å². The Morgan fingerprint density at radius 1 is 0.232 bits per heavy atom. The van der Waals surface area contributed by atoms with Gasteiger partial charge in [0, 0.05) is 19.3 Å². The zero-order chi connectivity index (χ0) is 60.1. The molecule has 0 bridgehead atoms. The lowest BCUT2D eigenvalue weighted by atomic mass is 10.0. The predicted molar refractivity (Wildman–Crippen MR) is 353 cm³/mol. The summed E-state index contributed by atoms with van der Waals surface area (Å²) in [4.78, 5) is 49.8. The minimum absolute atomic E-state index is 0.0543. The Labute approximate surface area is 511 Å². The molecular weight excluding hydrogens is 1020 g/mol. The number of esters is 4. The smallest absolute Gasteiger partial charge is 0.347 e. The van der Waals surface area contributed by atoms with Crippen LogP contribution < -0.4 is 0 Å². The van der Waals surface area contributed by atoms with Gasteiger partial charge in [-0.15, -0.1) is 0 Å². The summed E-state index contributed by atoms with van der Waals surface area (Å²) in [6, 6.07) is 0. The Bertz CT molecular complexity index is 1260. The lowest BCUT2D eigenvalue weighted by molar-refractivity contribution is -0.172. The molecule has 0 saturated heterocycles. The number of carbonyl (C=O) groups is 4. The molecule has 0 rings (SSSR count). The van der Waals surface area contributed by atoms with Gasteiger partial charge in [-0.1, -0.05) is 350 Å². The Hall–Kier alpha value is -2.12. The SMILES string of the molecule is CCCCCCCC(=O)OCCOC(=O)CCCCCCC.CCCCCCCCCCCCCCCCCC(=O)OC(CCCCCCCCCCCCCCCC)C(=O)OC(CCCCCCCC)CCCCCCCCCCC. The molecule has 0 aromatic heterocycles. The van der Waals surface area contributed by atoms with Gasteiger partial charge < -0.3 is 18.9 Å². The van der Waals surface area contributed by atoms with Gasteiger partial charge in [0.2, 0.25) is 0 Å². The molecule has 0 aliphatic rings. The van der Waals surface area contributed by atoms with E-state index in [2.05, 4.69) is 41.5 Å². The van der Waals surface area contributed by atoms with Crippen LogP contribution in [0.5, 0.6) is 0 Å². The van der Waals surface area contributed by atoms with Gasteiger partial charge in [0.25, 0.3) is 0 Å². The molecule has 0 saturated carbocycles. The molecule has 0 heterocycles. The summed E-state index contributed by atoms with van der Waals surface area (Å²) in [5.41, 5.74) is 0. The van der Waals surface area contributed by atoms with Gasteiger partial charge in [-0.25, -0.2) is 4.79 Å². The second-order valence-corrected chi connectivity index (χ2v) is 25.1. The van der Waals surface area contributed by atoms with E-state index in [1.165, 1.54) is 283 Å². The van der Waals surface area contributed by atoms with E-state index in [0.29, 0.717) is 25.7 Å². The fourth-order valence-electron chi connectivity index (χ4n) is 11.1. The van der Waals surface area contributed by atoms with E-state index < -0.39 is 6.10 Å². The molecule has 0 fully saturated rings. The van der Waals surface area contributed by atoms with Gasteiger partial charge in [0.15, 0.2) is 6.10 Å². The molecule has 0 aromatic carbocycles. The second kappa shape index (κ2) is 71.4. The lowest BCUT2D eigenvalue weighted by Gasteiger charge is -2.22. The summed E-state index contributed by atoms with van der Waals surface area (Å²) in [6.45, 7) is 13.8. The molecule has 8 heteroatoms. The molecule has 0 spiro atoms. The molecule has 0 aliphatic heterocycles. The third-order valence-corrected chi connectivity index (χ3v) is 16.7. The topological polar surface area (TPSA) is 105 Å². The predicted octanol–water partition coefficient (Wildman–Crippen LogP) is 24.4. The van der Waals surface area contributed by atoms with Gasteiger partial charge in [0.1, 0.15) is 19.3 Å². The Kier molecular flexibility index (Phi) is 71.3. The van der Waals surface area contributed by atoms with Gasteiger partial charge in [0.05, 0.1) is 0 Å². The van der Waals surface area contributed by atoms with E-state index >= 15 is 0 Å². The summed E-state index contributed by atoms with van der Waals surface area (Å²) >= 11 is 0. The monoisotopic (exact) mass is 1160 g/mol. The van der Waals surface area contributed by atoms with Crippen molar-refractivity contribution in [1.82, 2.24) is 0 Å². The molecule has 0 radical (unpaired) electrons. The highest BCUT2D eigenvalue weighted by Crippen LogP contribution is 2.22. The first-order valence-corrected chi connectivity index (χ1v) is 37.0. The van der Waals surface area contributed by atoms with Crippen LogP contribution in [-0.4, -0.2) is 49.3 Å². The van der Waals surface area contributed by atoms with Gasteiger partial charge in [-0.2, -0.15) is 0 Å². The van der Waals surface area contributed by atoms with Crippen LogP contribution in [-0.2, 0) is 38.1 Å². The Morgan fingerprint density at radius 2 is 0.439 bits per heavy atom. The maximum absolute atomic E-state index is 13.8. The molecule has 0 aromatic rings. The van der Waals surface area contributed by atoms with E-state index in [4.69, 9.17) is 18.9 Å². The molecule has 0 aliphatic carbocycles. The number of hydrogen-bond acceptors (Lipinski definition) is 8. The van der Waals surface area contributed by atoms with E-state index in [0.717, 1.165) is 77.0 Å². The highest BCUT2D eigenvalue weighted by Gasteiger charge is 2.27. The molecular formula is C74H144O8. The summed E-state index contributed by atoms with van der Waals surface area (Å²) in [5.74, 6) is -0.857. The Balaban J connectivity index is 0. The average molecular weight is 1160 g/mol. The van der Waals surface area contributed by atoms with Gasteiger partial charge >= 0.3 is 23.9 Å². The first-order valence-electron chi connectivity index (χ1n) is 37.0. The van der Waals surface area contributed by atoms with Gasteiger partial charge in [-0.3, -0.25) is 14.4 Å². The third-order valence-electron chi connectivity index (χ3n) is 16.7. The second-order valence-electron chi connectivity index (χ2n) is 25.1. The first-order chi connectivity index (χ1) is 40.3. The van der Waals surface area contributed by atoms with Crippen molar-refractivity contribution in [2.45, 2.75) is 439 Å². The van der Waals surface area contributed by atoms with E-state index in [1.54, 1.807) is 0 Å². The van der Waals surface area contributed by atoms with Crippen LogP contribution in [0.4, 0.5) is 0 Å². The molecule has 0 N–H and O–H groups in total. The van der Waals surface area contributed by atoms with Crippen LogP contribution >= 0.6 is 0 Å². The minimum Gasteiger partial charge on any atom is -0.462 e. The fraction of sp³-hybridized carbons (Fsp3) is 0.946. The van der Waals surface area contributed by atoms with Crippen molar-refractivity contribution >= 4 is 23.9 Å². The summed E-state index contributed by atoms with van der Waals surface area (Å²) in [7, 11) is 0. The maximum atomic E-state index is 13.8. The number of hydrogen-bond donors (Lipinski definition) is 0. The molecule has 488 valence electrons. The van der Waals surface area contributed by atoms with E-state index in [-0.39, 0.29) is 43.2 Å². The zero-order valence-electron chi connectivity index (χ0n) is 56.3. The minimum atomic E-state index is -0.749. The average Bonchev–Trinajstić information content (AvgIpc) is 3.47. The summed E-state index contributed by atoms with van der Waals surface area (Å²) in [6.07, 6.45) is 71.2. The molecule has 8 nitrogen and oxygen atoms in total. The zero-order valence-corrected chi connectivity index (χ0v) is 56.3. The maximum Gasteiger partial charge on any atom is 0.347 e. The summed E-state index contributed by atoms with van der Waals surface area (Å²) in [5, 5.41) is 0. The third kappa shape index (κ3) is 67.0. The highest BCUT2D eigenvalue weighted by molar-refractivity contribution is 5.79. The largest absolute Gasteiger partial charge is 0.462 e. The molecule has 0 amide bonds. The lowest BCUT2D eigenvalue weighted by Crippen LogP contribution is -2.32. The van der Waals surface area contributed by atoms with Gasteiger partial charge in [-0.05, 0) is 57.8 Å². The number of ether oxygens (including phenoxy) is 4. The number of rotatable bonds is 66. The van der Waals surface area contributed by atoms with Crippen molar-refractivity contribution in [3.63, 3.8) is 0 Å². The fourth-order valence-corrected chi connectivity index (χ4v) is 11.1. The van der Waals surface area contributed by atoms with Crippen LogP contribution in [0, 0.1) is 0 Å². The van der Waals surface area contributed by atoms with Crippen molar-refractivity contribution in [1.29, 1.82) is 0 Å². The quantitative estimate of drug-likeness (QED) is 0.0337. The van der Waals surface area contributed by atoms with Crippen LogP contribution in [0.3, 0.4) is 0 Å².